The molecule has 0 aliphatic heterocycles. The van der Waals surface area contributed by atoms with Crippen LogP contribution in [0.3, 0.4) is 0 Å². The standard InChI is InChI=1S/C36H48O7S/c1-25(37)42-33-19-18-32-34-27(15-9-6-4-5-7-12-22-41-44(3,39)40)23-28-24-29(43-35(38)26-13-10-8-11-14-26)16-17-30(28)31(34)20-21-36(32,33)2/h8,10-11,13-14,16-17,24,27,31-34H,4-7,9,12,15,18-23H2,1-3H3/t27-,31-,32+,33+,34-,36+/m1/s1. The number of hydrogen-bond donors (Lipinski definition) is 0. The number of fused-ring (bicyclic) bond motifs is 5. The van der Waals surface area contributed by atoms with Crippen molar-refractivity contribution >= 4 is 22.1 Å². The Bertz CT molecular complexity index is 1400. The minimum Gasteiger partial charge on any atom is -0.462 e. The third-order valence-corrected chi connectivity index (χ3v) is 11.2. The predicted octanol–water partition coefficient (Wildman–Crippen LogP) is 7.63. The van der Waals surface area contributed by atoms with Gasteiger partial charge in [0.15, 0.2) is 0 Å². The van der Waals surface area contributed by atoms with Gasteiger partial charge in [0.25, 0.3) is 10.1 Å². The van der Waals surface area contributed by atoms with Gasteiger partial charge in [-0.15, -0.1) is 0 Å². The predicted molar refractivity (Wildman–Crippen MR) is 170 cm³/mol. The molecule has 0 radical (unpaired) electrons. The molecular formula is C36H48O7S. The van der Waals surface area contributed by atoms with Crippen LogP contribution >= 0.6 is 0 Å². The number of unbranched alkanes of at least 4 members (excludes halogenated alkanes) is 5. The van der Waals surface area contributed by atoms with Crippen LogP contribution in [0.4, 0.5) is 0 Å². The molecule has 0 saturated heterocycles. The van der Waals surface area contributed by atoms with E-state index in [0.29, 0.717) is 35.0 Å². The average Bonchev–Trinajstić information content (AvgIpc) is 3.31. The van der Waals surface area contributed by atoms with Gasteiger partial charge < -0.3 is 9.47 Å². The molecule has 0 unspecified atom stereocenters. The van der Waals surface area contributed by atoms with Gasteiger partial charge in [0.05, 0.1) is 18.4 Å². The Kier molecular flexibility index (Phi) is 10.5. The quantitative estimate of drug-likeness (QED) is 0.0979. The van der Waals surface area contributed by atoms with E-state index in [-0.39, 0.29) is 30.1 Å². The second-order valence-corrected chi connectivity index (χ2v) is 15.2. The van der Waals surface area contributed by atoms with E-state index in [9.17, 15) is 18.0 Å². The maximum absolute atomic E-state index is 12.8. The van der Waals surface area contributed by atoms with Crippen molar-refractivity contribution in [2.24, 2.45) is 23.2 Å². The average molecular weight is 625 g/mol. The van der Waals surface area contributed by atoms with Crippen LogP contribution in [0.1, 0.15) is 112 Å². The van der Waals surface area contributed by atoms with E-state index in [0.717, 1.165) is 83.3 Å². The summed E-state index contributed by atoms with van der Waals surface area (Å²) in [6, 6.07) is 15.4. The molecule has 0 aromatic heterocycles. The van der Waals surface area contributed by atoms with Gasteiger partial charge in [0.2, 0.25) is 0 Å². The van der Waals surface area contributed by atoms with E-state index in [1.807, 2.05) is 24.3 Å². The van der Waals surface area contributed by atoms with Crippen LogP contribution in [0.5, 0.6) is 5.75 Å². The van der Waals surface area contributed by atoms with Crippen molar-refractivity contribution in [3.05, 3.63) is 65.2 Å². The Hall–Kier alpha value is -2.71. The van der Waals surface area contributed by atoms with Crippen molar-refractivity contribution in [2.75, 3.05) is 12.9 Å². The SMILES string of the molecule is CC(=O)O[C@H]1CC[C@H]2[C@@H]3[C@H](CCCCCCCCOS(C)(=O)=O)Cc4cc(OC(=O)c5ccccc5)ccc4[C@H]3CC[C@]12C. The molecule has 7 nitrogen and oxygen atoms in total. The summed E-state index contributed by atoms with van der Waals surface area (Å²) >= 11 is 0. The summed E-state index contributed by atoms with van der Waals surface area (Å²) in [5.41, 5.74) is 3.27. The zero-order valence-electron chi connectivity index (χ0n) is 26.5. The zero-order chi connectivity index (χ0) is 31.3. The number of esters is 2. The molecule has 240 valence electrons. The molecule has 0 N–H and O–H groups in total. The largest absolute Gasteiger partial charge is 0.462 e. The van der Waals surface area contributed by atoms with Crippen LogP contribution in [0.25, 0.3) is 0 Å². The van der Waals surface area contributed by atoms with Gasteiger partial charge in [-0.05, 0) is 104 Å². The van der Waals surface area contributed by atoms with Gasteiger partial charge >= 0.3 is 11.9 Å². The minimum atomic E-state index is -3.36. The number of benzene rings is 2. The molecule has 3 aliphatic carbocycles. The third-order valence-electron chi connectivity index (χ3n) is 10.6. The van der Waals surface area contributed by atoms with Crippen LogP contribution in [-0.2, 0) is 30.3 Å². The van der Waals surface area contributed by atoms with Crippen molar-refractivity contribution < 1.29 is 31.7 Å². The Morgan fingerprint density at radius 2 is 1.66 bits per heavy atom. The summed E-state index contributed by atoms with van der Waals surface area (Å²) in [5, 5.41) is 0. The van der Waals surface area contributed by atoms with E-state index >= 15 is 0 Å². The van der Waals surface area contributed by atoms with E-state index in [4.69, 9.17) is 13.7 Å². The molecular weight excluding hydrogens is 576 g/mol. The summed E-state index contributed by atoms with van der Waals surface area (Å²) in [6.45, 7) is 4.16. The monoisotopic (exact) mass is 624 g/mol. The molecule has 3 aliphatic rings. The highest BCUT2D eigenvalue weighted by molar-refractivity contribution is 7.85. The molecule has 0 amide bonds. The van der Waals surface area contributed by atoms with Crippen molar-refractivity contribution in [1.82, 2.24) is 0 Å². The number of carbonyl (C=O) groups is 2. The van der Waals surface area contributed by atoms with Crippen molar-refractivity contribution in [1.29, 1.82) is 0 Å². The van der Waals surface area contributed by atoms with Gasteiger partial charge in [0.1, 0.15) is 11.9 Å². The first-order chi connectivity index (χ1) is 21.0. The lowest BCUT2D eigenvalue weighted by Gasteiger charge is -2.53. The second kappa shape index (κ2) is 14.2. The Morgan fingerprint density at radius 1 is 0.932 bits per heavy atom. The highest BCUT2D eigenvalue weighted by Crippen LogP contribution is 2.63. The lowest BCUT2D eigenvalue weighted by Crippen LogP contribution is -2.48. The van der Waals surface area contributed by atoms with Crippen molar-refractivity contribution in [2.45, 2.75) is 103 Å². The normalized spacial score (nSPS) is 27.6. The fourth-order valence-electron chi connectivity index (χ4n) is 8.62. The first-order valence-corrected chi connectivity index (χ1v) is 18.3. The second-order valence-electron chi connectivity index (χ2n) is 13.5. The molecule has 2 aromatic rings. The molecule has 0 bridgehead atoms. The van der Waals surface area contributed by atoms with Gasteiger partial charge in [-0.25, -0.2) is 4.79 Å². The first kappa shape index (κ1) is 32.7. The number of hydrogen-bond acceptors (Lipinski definition) is 7. The molecule has 0 heterocycles. The van der Waals surface area contributed by atoms with Crippen LogP contribution in [0.15, 0.2) is 48.5 Å². The summed E-state index contributed by atoms with van der Waals surface area (Å²) in [6.07, 6.45) is 13.6. The molecule has 2 fully saturated rings. The highest BCUT2D eigenvalue weighted by atomic mass is 32.2. The fraction of sp³-hybridized carbons (Fsp3) is 0.611. The molecule has 2 saturated carbocycles. The summed E-state index contributed by atoms with van der Waals surface area (Å²) in [7, 11) is -3.36. The fourth-order valence-corrected chi connectivity index (χ4v) is 9.04. The molecule has 6 atom stereocenters. The van der Waals surface area contributed by atoms with Crippen LogP contribution in [0, 0.1) is 23.2 Å². The number of carbonyl (C=O) groups excluding carboxylic acids is 2. The minimum absolute atomic E-state index is 0.000512. The van der Waals surface area contributed by atoms with E-state index in [1.54, 1.807) is 12.1 Å². The highest BCUT2D eigenvalue weighted by Gasteiger charge is 2.58. The van der Waals surface area contributed by atoms with Crippen LogP contribution in [0.2, 0.25) is 0 Å². The Labute approximate surface area is 263 Å². The van der Waals surface area contributed by atoms with E-state index in [1.165, 1.54) is 18.1 Å². The zero-order valence-corrected chi connectivity index (χ0v) is 27.3. The topological polar surface area (TPSA) is 96.0 Å². The molecule has 0 spiro atoms. The lowest BCUT2D eigenvalue weighted by atomic mass is 9.52. The molecule has 8 heteroatoms. The number of ether oxygens (including phenoxy) is 2. The summed E-state index contributed by atoms with van der Waals surface area (Å²) < 4.78 is 38.9. The van der Waals surface area contributed by atoms with Crippen LogP contribution in [-0.4, -0.2) is 39.3 Å². The Morgan fingerprint density at radius 3 is 2.39 bits per heavy atom. The van der Waals surface area contributed by atoms with Crippen molar-refractivity contribution in [3.63, 3.8) is 0 Å². The third kappa shape index (κ3) is 7.74. The first-order valence-electron chi connectivity index (χ1n) is 16.5. The summed E-state index contributed by atoms with van der Waals surface area (Å²) in [5.74, 6) is 2.15. The maximum Gasteiger partial charge on any atom is 0.343 e. The molecule has 5 rings (SSSR count). The van der Waals surface area contributed by atoms with Gasteiger partial charge in [-0.1, -0.05) is 63.3 Å². The molecule has 44 heavy (non-hydrogen) atoms. The van der Waals surface area contributed by atoms with Gasteiger partial charge in [-0.3, -0.25) is 8.98 Å². The van der Waals surface area contributed by atoms with E-state index < -0.39 is 10.1 Å². The number of rotatable bonds is 13. The molecule has 2 aromatic carbocycles. The summed E-state index contributed by atoms with van der Waals surface area (Å²) in [4.78, 5) is 24.7. The van der Waals surface area contributed by atoms with Gasteiger partial charge in [-0.2, -0.15) is 8.42 Å². The maximum atomic E-state index is 12.8. The van der Waals surface area contributed by atoms with E-state index in [2.05, 4.69) is 19.1 Å². The lowest BCUT2D eigenvalue weighted by molar-refractivity contribution is -0.155. The van der Waals surface area contributed by atoms with Crippen LogP contribution < -0.4 is 4.74 Å². The smallest absolute Gasteiger partial charge is 0.343 e. The van der Waals surface area contributed by atoms with Gasteiger partial charge in [0, 0.05) is 12.3 Å². The van der Waals surface area contributed by atoms with Crippen molar-refractivity contribution in [3.8, 4) is 5.75 Å². The Balaban J connectivity index is 1.27.